The summed E-state index contributed by atoms with van der Waals surface area (Å²) in [6.07, 6.45) is 1.45. The van der Waals surface area contributed by atoms with Crippen LogP contribution in [0.25, 0.3) is 0 Å². The van der Waals surface area contributed by atoms with Crippen LogP contribution in [0.15, 0.2) is 24.3 Å². The number of hydrogen-bond donors (Lipinski definition) is 3. The second-order valence-corrected chi connectivity index (χ2v) is 4.76. The summed E-state index contributed by atoms with van der Waals surface area (Å²) < 4.78 is 0. The van der Waals surface area contributed by atoms with E-state index in [2.05, 4.69) is 17.1 Å². The van der Waals surface area contributed by atoms with E-state index in [1.807, 2.05) is 24.3 Å². The Bertz CT molecular complexity index is 387. The van der Waals surface area contributed by atoms with Crippen LogP contribution >= 0.6 is 0 Å². The number of benzene rings is 1. The Morgan fingerprint density at radius 3 is 2.50 bits per heavy atom. The molecular weight excluding hydrogens is 254 g/mol. The largest absolute Gasteiger partial charge is 0.395 e. The molecular formula is C15H25N3O2. The van der Waals surface area contributed by atoms with Crippen LogP contribution < -0.4 is 11.1 Å². The second-order valence-electron chi connectivity index (χ2n) is 4.76. The first-order valence-electron chi connectivity index (χ1n) is 7.11. The SMILES string of the molecule is CCCN(CCO)CCC(=O)Nc1ccc(CN)cc1. The molecule has 0 bridgehead atoms. The van der Waals surface area contributed by atoms with Gasteiger partial charge < -0.3 is 21.1 Å². The van der Waals surface area contributed by atoms with Crippen molar-refractivity contribution in [2.24, 2.45) is 5.73 Å². The maximum Gasteiger partial charge on any atom is 0.225 e. The summed E-state index contributed by atoms with van der Waals surface area (Å²) in [5, 5.41) is 11.8. The minimum atomic E-state index is -0.00968. The first-order valence-corrected chi connectivity index (χ1v) is 7.11. The highest BCUT2D eigenvalue weighted by Crippen LogP contribution is 2.09. The lowest BCUT2D eigenvalue weighted by Gasteiger charge is -2.20. The van der Waals surface area contributed by atoms with Gasteiger partial charge in [-0.05, 0) is 30.7 Å². The number of carbonyl (C=O) groups excluding carboxylic acids is 1. The molecule has 0 heterocycles. The molecule has 1 rings (SSSR count). The lowest BCUT2D eigenvalue weighted by molar-refractivity contribution is -0.116. The Balaban J connectivity index is 2.38. The molecule has 0 saturated carbocycles. The summed E-state index contributed by atoms with van der Waals surface area (Å²) in [5.41, 5.74) is 7.36. The van der Waals surface area contributed by atoms with Gasteiger partial charge in [0, 0.05) is 31.7 Å². The molecule has 0 aliphatic heterocycles. The van der Waals surface area contributed by atoms with Gasteiger partial charge in [0.25, 0.3) is 0 Å². The van der Waals surface area contributed by atoms with Gasteiger partial charge in [-0.3, -0.25) is 4.79 Å². The number of aliphatic hydroxyl groups excluding tert-OH is 1. The average Bonchev–Trinajstić information content (AvgIpc) is 2.46. The highest BCUT2D eigenvalue weighted by molar-refractivity contribution is 5.90. The molecule has 0 aromatic heterocycles. The van der Waals surface area contributed by atoms with Crippen molar-refractivity contribution in [3.8, 4) is 0 Å². The second kappa shape index (κ2) is 9.47. The van der Waals surface area contributed by atoms with Gasteiger partial charge in [-0.2, -0.15) is 0 Å². The minimum absolute atomic E-state index is 0.00968. The van der Waals surface area contributed by atoms with Crippen molar-refractivity contribution in [1.82, 2.24) is 4.90 Å². The highest BCUT2D eigenvalue weighted by Gasteiger charge is 2.07. The number of nitrogens with two attached hydrogens (primary N) is 1. The third-order valence-electron chi connectivity index (χ3n) is 3.08. The van der Waals surface area contributed by atoms with Crippen molar-refractivity contribution in [2.75, 3.05) is 31.6 Å². The molecule has 0 aliphatic carbocycles. The first kappa shape index (κ1) is 16.6. The van der Waals surface area contributed by atoms with Crippen molar-refractivity contribution in [3.63, 3.8) is 0 Å². The van der Waals surface area contributed by atoms with Crippen molar-refractivity contribution in [3.05, 3.63) is 29.8 Å². The fourth-order valence-corrected chi connectivity index (χ4v) is 2.00. The van der Waals surface area contributed by atoms with E-state index in [4.69, 9.17) is 10.8 Å². The molecule has 0 unspecified atom stereocenters. The summed E-state index contributed by atoms with van der Waals surface area (Å²) >= 11 is 0. The molecule has 112 valence electrons. The zero-order valence-corrected chi connectivity index (χ0v) is 12.1. The molecule has 0 spiro atoms. The van der Waals surface area contributed by atoms with Crippen molar-refractivity contribution >= 4 is 11.6 Å². The smallest absolute Gasteiger partial charge is 0.225 e. The van der Waals surface area contributed by atoms with Gasteiger partial charge in [0.15, 0.2) is 0 Å². The van der Waals surface area contributed by atoms with E-state index < -0.39 is 0 Å². The van der Waals surface area contributed by atoms with Gasteiger partial charge in [0.1, 0.15) is 0 Å². The van der Waals surface area contributed by atoms with E-state index in [0.717, 1.165) is 24.2 Å². The van der Waals surface area contributed by atoms with Gasteiger partial charge in [0.05, 0.1) is 6.61 Å². The van der Waals surface area contributed by atoms with E-state index in [-0.39, 0.29) is 12.5 Å². The van der Waals surface area contributed by atoms with Gasteiger partial charge >= 0.3 is 0 Å². The number of aliphatic hydroxyl groups is 1. The topological polar surface area (TPSA) is 78.6 Å². The molecule has 4 N–H and O–H groups in total. The number of amides is 1. The number of anilines is 1. The van der Waals surface area contributed by atoms with E-state index in [9.17, 15) is 4.79 Å². The minimum Gasteiger partial charge on any atom is -0.395 e. The Hall–Kier alpha value is -1.43. The van der Waals surface area contributed by atoms with E-state index in [0.29, 0.717) is 26.1 Å². The molecule has 1 aromatic rings. The van der Waals surface area contributed by atoms with Crippen molar-refractivity contribution in [1.29, 1.82) is 0 Å². The third-order valence-corrected chi connectivity index (χ3v) is 3.08. The maximum absolute atomic E-state index is 11.9. The van der Waals surface area contributed by atoms with Crippen LogP contribution in [0, 0.1) is 0 Å². The Kier molecular flexibility index (Phi) is 7.87. The quantitative estimate of drug-likeness (QED) is 0.634. The van der Waals surface area contributed by atoms with Crippen LogP contribution in [0.2, 0.25) is 0 Å². The highest BCUT2D eigenvalue weighted by atomic mass is 16.3. The summed E-state index contributed by atoms with van der Waals surface area (Å²) in [7, 11) is 0. The van der Waals surface area contributed by atoms with E-state index in [1.165, 1.54) is 0 Å². The third kappa shape index (κ3) is 6.14. The first-order chi connectivity index (χ1) is 9.69. The van der Waals surface area contributed by atoms with Crippen molar-refractivity contribution < 1.29 is 9.90 Å². The van der Waals surface area contributed by atoms with Gasteiger partial charge in [-0.15, -0.1) is 0 Å². The molecule has 0 saturated heterocycles. The number of rotatable bonds is 9. The molecule has 5 nitrogen and oxygen atoms in total. The van der Waals surface area contributed by atoms with Crippen LogP contribution in [-0.2, 0) is 11.3 Å². The normalized spacial score (nSPS) is 10.8. The summed E-state index contributed by atoms with van der Waals surface area (Å²) in [5.74, 6) is -0.00968. The van der Waals surface area contributed by atoms with Crippen LogP contribution in [0.1, 0.15) is 25.3 Å². The Morgan fingerprint density at radius 1 is 1.25 bits per heavy atom. The molecule has 1 aromatic carbocycles. The number of nitrogens with zero attached hydrogens (tertiary/aromatic N) is 1. The predicted molar refractivity (Wildman–Crippen MR) is 81.4 cm³/mol. The van der Waals surface area contributed by atoms with Gasteiger partial charge in [-0.25, -0.2) is 0 Å². The molecule has 20 heavy (non-hydrogen) atoms. The number of hydrogen-bond acceptors (Lipinski definition) is 4. The molecule has 5 heteroatoms. The standard InChI is InChI=1S/C15H25N3O2/c1-2-8-18(10-11-19)9-7-15(20)17-14-5-3-13(12-16)4-6-14/h3-6,19H,2,7-12,16H2,1H3,(H,17,20). The van der Waals surface area contributed by atoms with E-state index >= 15 is 0 Å². The molecule has 0 aliphatic rings. The van der Waals surface area contributed by atoms with E-state index in [1.54, 1.807) is 0 Å². The summed E-state index contributed by atoms with van der Waals surface area (Å²) in [6, 6.07) is 7.53. The van der Waals surface area contributed by atoms with Crippen molar-refractivity contribution in [2.45, 2.75) is 26.3 Å². The molecule has 0 fully saturated rings. The average molecular weight is 279 g/mol. The Morgan fingerprint density at radius 2 is 1.95 bits per heavy atom. The molecule has 1 amide bonds. The number of nitrogens with one attached hydrogen (secondary N) is 1. The molecule has 0 atom stereocenters. The lowest BCUT2D eigenvalue weighted by atomic mass is 10.2. The Labute approximate surface area is 120 Å². The van der Waals surface area contributed by atoms with Crippen LogP contribution in [-0.4, -0.2) is 42.2 Å². The summed E-state index contributed by atoms with van der Waals surface area (Å²) in [4.78, 5) is 13.9. The van der Waals surface area contributed by atoms with Gasteiger partial charge in [-0.1, -0.05) is 19.1 Å². The molecule has 0 radical (unpaired) electrons. The fourth-order valence-electron chi connectivity index (χ4n) is 2.00. The van der Waals surface area contributed by atoms with Crippen LogP contribution in [0.3, 0.4) is 0 Å². The van der Waals surface area contributed by atoms with Crippen LogP contribution in [0.4, 0.5) is 5.69 Å². The summed E-state index contributed by atoms with van der Waals surface area (Å²) in [6.45, 7) is 4.90. The lowest BCUT2D eigenvalue weighted by Crippen LogP contribution is -2.31. The fraction of sp³-hybridized carbons (Fsp3) is 0.533. The monoisotopic (exact) mass is 279 g/mol. The predicted octanol–water partition coefficient (Wildman–Crippen LogP) is 1.18. The maximum atomic E-state index is 11.9. The zero-order valence-electron chi connectivity index (χ0n) is 12.1. The number of carbonyl (C=O) groups is 1. The van der Waals surface area contributed by atoms with Crippen LogP contribution in [0.5, 0.6) is 0 Å². The zero-order chi connectivity index (χ0) is 14.8. The van der Waals surface area contributed by atoms with Gasteiger partial charge in [0.2, 0.25) is 5.91 Å².